The molecule has 1 aliphatic heterocycles. The van der Waals surface area contributed by atoms with Crippen LogP contribution in [0.3, 0.4) is 0 Å². The first-order chi connectivity index (χ1) is 16.8. The van der Waals surface area contributed by atoms with E-state index in [4.69, 9.17) is 0 Å². The number of rotatable bonds is 3. The summed E-state index contributed by atoms with van der Waals surface area (Å²) < 4.78 is 16.3. The molecule has 0 saturated heterocycles. The number of Topliss-reactive ketones (excluding diaryl/α,β-unsaturated/α-hetero) is 1. The van der Waals surface area contributed by atoms with Crippen LogP contribution in [-0.4, -0.2) is 33.2 Å². The maximum Gasteiger partial charge on any atom is 0.209 e. The number of aromatic nitrogens is 1. The highest BCUT2D eigenvalue weighted by Crippen LogP contribution is 2.45. The minimum Gasteiger partial charge on any atom is -0.506 e. The van der Waals surface area contributed by atoms with Crippen LogP contribution in [0.1, 0.15) is 25.0 Å². The molecule has 1 aliphatic carbocycles. The number of aliphatic hydroxyl groups is 1. The molecule has 4 nitrogen and oxygen atoms in total. The molecule has 0 unspecified atom stereocenters. The maximum absolute atomic E-state index is 14.2. The molecule has 1 aromatic heterocycles. The summed E-state index contributed by atoms with van der Waals surface area (Å²) in [6, 6.07) is 22.1. The third kappa shape index (κ3) is 2.98. The van der Waals surface area contributed by atoms with Crippen molar-refractivity contribution in [3.8, 4) is 11.3 Å². The van der Waals surface area contributed by atoms with Gasteiger partial charge >= 0.3 is 0 Å². The normalized spacial score (nSPS) is 17.9. The molecule has 0 atom stereocenters. The van der Waals surface area contributed by atoms with Gasteiger partial charge in [-0.3, -0.25) is 4.79 Å². The second-order valence-corrected chi connectivity index (χ2v) is 9.63. The average Bonchev–Trinajstić information content (AvgIpc) is 3.31. The Morgan fingerprint density at radius 1 is 1.00 bits per heavy atom. The summed E-state index contributed by atoms with van der Waals surface area (Å²) >= 11 is 0. The van der Waals surface area contributed by atoms with Gasteiger partial charge in [0.05, 0.1) is 22.3 Å². The standard InChI is InChI=1S/C30H23FN2O2/c1-30(2)21-11-7-8-12-23(21)33(3)24(30)16-20-28(34)26(29(20)35)25-19-15-18(31)13-14-22(19)32-27(25)17-9-5-4-6-10-17/h4-16H,1-3H3,(H,34,35)/p+1. The van der Waals surface area contributed by atoms with E-state index in [1.54, 1.807) is 12.1 Å². The van der Waals surface area contributed by atoms with Crippen molar-refractivity contribution < 1.29 is 18.9 Å². The van der Waals surface area contributed by atoms with Crippen LogP contribution in [0.2, 0.25) is 0 Å². The van der Waals surface area contributed by atoms with E-state index < -0.39 is 5.82 Å². The fraction of sp³-hybridized carbons (Fsp3) is 0.133. The van der Waals surface area contributed by atoms with Crippen molar-refractivity contribution in [2.45, 2.75) is 19.3 Å². The van der Waals surface area contributed by atoms with Gasteiger partial charge in [-0.05, 0) is 37.6 Å². The highest BCUT2D eigenvalue weighted by atomic mass is 19.1. The van der Waals surface area contributed by atoms with E-state index in [2.05, 4.69) is 35.5 Å². The van der Waals surface area contributed by atoms with Crippen molar-refractivity contribution in [1.82, 2.24) is 4.98 Å². The Bertz CT molecular complexity index is 1650. The van der Waals surface area contributed by atoms with E-state index >= 15 is 0 Å². The van der Waals surface area contributed by atoms with Gasteiger partial charge in [-0.2, -0.15) is 4.58 Å². The number of allylic oxidation sites excluding steroid dienone is 3. The summed E-state index contributed by atoms with van der Waals surface area (Å²) in [5, 5.41) is 11.8. The number of aromatic amines is 1. The van der Waals surface area contributed by atoms with Crippen LogP contribution in [0.15, 0.2) is 90.2 Å². The summed E-state index contributed by atoms with van der Waals surface area (Å²) in [7, 11) is 1.97. The van der Waals surface area contributed by atoms with Crippen LogP contribution >= 0.6 is 0 Å². The number of fused-ring (bicyclic) bond motifs is 2. The predicted octanol–water partition coefficient (Wildman–Crippen LogP) is 6.46. The Hall–Kier alpha value is -4.25. The first kappa shape index (κ1) is 21.3. The van der Waals surface area contributed by atoms with Crippen molar-refractivity contribution in [3.05, 3.63) is 107 Å². The van der Waals surface area contributed by atoms with Gasteiger partial charge in [0.1, 0.15) is 18.6 Å². The van der Waals surface area contributed by atoms with Crippen molar-refractivity contribution in [1.29, 1.82) is 0 Å². The van der Waals surface area contributed by atoms with Crippen LogP contribution in [-0.2, 0) is 10.2 Å². The molecular weight excluding hydrogens is 439 g/mol. The number of carbonyl (C=O) groups excluding carboxylic acids is 1. The fourth-order valence-corrected chi connectivity index (χ4v) is 5.43. The van der Waals surface area contributed by atoms with Crippen molar-refractivity contribution in [3.63, 3.8) is 0 Å². The van der Waals surface area contributed by atoms with Crippen LogP contribution in [0.5, 0.6) is 0 Å². The fourth-order valence-electron chi connectivity index (χ4n) is 5.43. The van der Waals surface area contributed by atoms with E-state index in [0.717, 1.165) is 17.0 Å². The third-order valence-electron chi connectivity index (χ3n) is 7.26. The second-order valence-electron chi connectivity index (χ2n) is 9.63. The predicted molar refractivity (Wildman–Crippen MR) is 137 cm³/mol. The Labute approximate surface area is 202 Å². The number of nitrogens with zero attached hydrogens (tertiary/aromatic N) is 1. The van der Waals surface area contributed by atoms with Gasteiger partial charge in [0, 0.05) is 34.2 Å². The first-order valence-electron chi connectivity index (χ1n) is 11.6. The lowest BCUT2D eigenvalue weighted by molar-refractivity contribution is -0.401. The number of benzene rings is 3. The lowest BCUT2D eigenvalue weighted by Crippen LogP contribution is -2.30. The largest absolute Gasteiger partial charge is 0.506 e. The minimum atomic E-state index is -0.400. The van der Waals surface area contributed by atoms with Gasteiger partial charge in [-0.15, -0.1) is 0 Å². The summed E-state index contributed by atoms with van der Waals surface area (Å²) in [5.74, 6) is -0.717. The van der Waals surface area contributed by atoms with E-state index in [-0.39, 0.29) is 28.1 Å². The molecule has 0 amide bonds. The Morgan fingerprint density at radius 3 is 2.43 bits per heavy atom. The number of H-pyrrole nitrogens is 1. The minimum absolute atomic E-state index is 0.0648. The van der Waals surface area contributed by atoms with Crippen molar-refractivity contribution >= 4 is 33.7 Å². The van der Waals surface area contributed by atoms with Crippen LogP contribution in [0, 0.1) is 5.82 Å². The number of aliphatic hydroxyl groups excluding tert-OH is 1. The third-order valence-corrected chi connectivity index (χ3v) is 7.26. The Kier molecular flexibility index (Phi) is 4.49. The molecule has 3 aromatic carbocycles. The maximum atomic E-state index is 14.2. The monoisotopic (exact) mass is 463 g/mol. The molecule has 4 aromatic rings. The molecule has 35 heavy (non-hydrogen) atoms. The molecule has 172 valence electrons. The first-order valence-corrected chi connectivity index (χ1v) is 11.6. The van der Waals surface area contributed by atoms with Crippen molar-refractivity contribution in [2.24, 2.45) is 0 Å². The molecule has 0 radical (unpaired) electrons. The highest BCUT2D eigenvalue weighted by Gasteiger charge is 2.46. The van der Waals surface area contributed by atoms with E-state index in [1.165, 1.54) is 17.7 Å². The van der Waals surface area contributed by atoms with Crippen molar-refractivity contribution in [2.75, 3.05) is 7.05 Å². The molecule has 5 heteroatoms. The summed E-state index contributed by atoms with van der Waals surface area (Å²) in [4.78, 5) is 16.9. The van der Waals surface area contributed by atoms with Gasteiger partial charge in [0.15, 0.2) is 5.71 Å². The smallest absolute Gasteiger partial charge is 0.209 e. The molecule has 0 fully saturated rings. The number of halogens is 1. The quantitative estimate of drug-likeness (QED) is 0.271. The summed E-state index contributed by atoms with van der Waals surface area (Å²) in [5.41, 5.74) is 6.10. The van der Waals surface area contributed by atoms with E-state index in [1.807, 2.05) is 49.5 Å². The SMILES string of the molecule is C[N+]1=C(/C=C2\C(=O)C(c3c(-c4ccccc4)[nH]c4ccc(F)cc34)=C2O)C(C)(C)c2ccccc21. The van der Waals surface area contributed by atoms with Crippen LogP contribution < -0.4 is 0 Å². The van der Waals surface area contributed by atoms with Gasteiger partial charge in [0.25, 0.3) is 0 Å². The molecule has 2 heterocycles. The molecule has 6 rings (SSSR count). The average molecular weight is 464 g/mol. The molecule has 0 bridgehead atoms. The van der Waals surface area contributed by atoms with Gasteiger partial charge in [-0.1, -0.05) is 48.5 Å². The number of nitrogens with one attached hydrogen (secondary N) is 1. The zero-order chi connectivity index (χ0) is 24.5. The van der Waals surface area contributed by atoms with E-state index in [0.29, 0.717) is 22.2 Å². The zero-order valence-electron chi connectivity index (χ0n) is 19.7. The molecule has 0 saturated carbocycles. The van der Waals surface area contributed by atoms with Crippen LogP contribution in [0.25, 0.3) is 27.7 Å². The number of hydrogen-bond donors (Lipinski definition) is 2. The number of carbonyl (C=O) groups is 1. The number of ketones is 1. The van der Waals surface area contributed by atoms with E-state index in [9.17, 15) is 14.3 Å². The Morgan fingerprint density at radius 2 is 1.71 bits per heavy atom. The second kappa shape index (κ2) is 7.37. The molecular formula is C30H24FN2O2+. The lowest BCUT2D eigenvalue weighted by Gasteiger charge is -2.23. The molecule has 2 N–H and O–H groups in total. The van der Waals surface area contributed by atoms with Gasteiger partial charge in [-0.25, -0.2) is 4.39 Å². The topological polar surface area (TPSA) is 56.1 Å². The highest BCUT2D eigenvalue weighted by molar-refractivity contribution is 6.42. The molecule has 0 spiro atoms. The molecule has 2 aliphatic rings. The van der Waals surface area contributed by atoms with Crippen LogP contribution in [0.4, 0.5) is 10.1 Å². The number of hydrogen-bond acceptors (Lipinski definition) is 2. The Balaban J connectivity index is 1.54. The van der Waals surface area contributed by atoms with Gasteiger partial charge < -0.3 is 10.1 Å². The summed E-state index contributed by atoms with van der Waals surface area (Å²) in [6.45, 7) is 4.23. The van der Waals surface area contributed by atoms with Gasteiger partial charge in [0.2, 0.25) is 11.5 Å². The zero-order valence-corrected chi connectivity index (χ0v) is 19.7. The summed E-state index contributed by atoms with van der Waals surface area (Å²) in [6.07, 6.45) is 1.79. The number of para-hydroxylation sites is 1. The lowest BCUT2D eigenvalue weighted by atomic mass is 9.77.